The molecule has 0 aliphatic heterocycles. The molecule has 2 heteroatoms. The van der Waals surface area contributed by atoms with Gasteiger partial charge in [-0.2, -0.15) is 0 Å². The largest absolute Gasteiger partial charge is 0.290 e. The Hall–Kier alpha value is -1.05. The summed E-state index contributed by atoms with van der Waals surface area (Å²) in [5, 5.41) is 10.3. The fourth-order valence-corrected chi connectivity index (χ4v) is 0.524. The first-order valence-electron chi connectivity index (χ1n) is 2.38. The fraction of sp³-hybridized carbons (Fsp3) is 0.167. The second-order valence-corrected chi connectivity index (χ2v) is 1.59. The summed E-state index contributed by atoms with van der Waals surface area (Å²) in [6, 6.07) is 0. The predicted octanol–water partition coefficient (Wildman–Crippen LogP) is 0.830. The van der Waals surface area contributed by atoms with Crippen LogP contribution in [0, 0.1) is 0 Å². The van der Waals surface area contributed by atoms with Gasteiger partial charge in [-0.15, -0.1) is 0 Å². The summed E-state index contributed by atoms with van der Waals surface area (Å²) >= 11 is 0. The smallest absolute Gasteiger partial charge is 0.221 e. The van der Waals surface area contributed by atoms with Crippen LogP contribution in [-0.2, 0) is 9.90 Å². The van der Waals surface area contributed by atoms with E-state index in [0.717, 1.165) is 0 Å². The van der Waals surface area contributed by atoms with E-state index in [1.807, 2.05) is 0 Å². The summed E-state index contributed by atoms with van der Waals surface area (Å²) in [6.07, 6.45) is 4.83. The Bertz CT molecular complexity index is 165. The Balaban J connectivity index is 2.80. The highest BCUT2D eigenvalue weighted by atomic mass is 16.3. The number of allylic oxidation sites excluding steroid dienone is 4. The van der Waals surface area contributed by atoms with Crippen molar-refractivity contribution < 1.29 is 9.90 Å². The molecule has 1 aliphatic rings. The van der Waals surface area contributed by atoms with E-state index >= 15 is 0 Å². The van der Waals surface area contributed by atoms with Crippen LogP contribution in [0.25, 0.3) is 0 Å². The van der Waals surface area contributed by atoms with Gasteiger partial charge >= 0.3 is 0 Å². The van der Waals surface area contributed by atoms with Gasteiger partial charge in [0.1, 0.15) is 0 Å². The van der Waals surface area contributed by atoms with Gasteiger partial charge in [-0.1, -0.05) is 12.2 Å². The van der Waals surface area contributed by atoms with Crippen LogP contribution in [-0.4, -0.2) is 5.78 Å². The van der Waals surface area contributed by atoms with Gasteiger partial charge in [0.15, 0.2) is 0 Å². The number of hydrogen-bond donors (Lipinski definition) is 0. The van der Waals surface area contributed by atoms with Crippen molar-refractivity contribution in [2.75, 3.05) is 0 Å². The van der Waals surface area contributed by atoms with Gasteiger partial charge in [0, 0.05) is 6.42 Å². The molecule has 0 fully saturated rings. The molecule has 0 aromatic heterocycles. The van der Waals surface area contributed by atoms with Gasteiger partial charge in [-0.3, -0.25) is 9.90 Å². The zero-order chi connectivity index (χ0) is 5.98. The van der Waals surface area contributed by atoms with Crippen molar-refractivity contribution in [3.63, 3.8) is 0 Å². The minimum atomic E-state index is -0.382. The van der Waals surface area contributed by atoms with Crippen molar-refractivity contribution >= 4 is 5.78 Å². The summed E-state index contributed by atoms with van der Waals surface area (Å²) in [5.41, 5.74) is 0. The van der Waals surface area contributed by atoms with Gasteiger partial charge in [0.05, 0.1) is 0 Å². The van der Waals surface area contributed by atoms with E-state index in [2.05, 4.69) is 0 Å². The van der Waals surface area contributed by atoms with Gasteiger partial charge < -0.3 is 0 Å². The van der Waals surface area contributed by atoms with Crippen LogP contribution in [0.1, 0.15) is 6.42 Å². The maximum atomic E-state index is 10.4. The Kier molecular flexibility index (Phi) is 1.16. The normalized spacial score (nSPS) is 18.5. The fourth-order valence-electron chi connectivity index (χ4n) is 0.524. The van der Waals surface area contributed by atoms with Crippen molar-refractivity contribution in [1.29, 1.82) is 0 Å². The van der Waals surface area contributed by atoms with Crippen LogP contribution in [0.5, 0.6) is 0 Å². The van der Waals surface area contributed by atoms with E-state index < -0.39 is 0 Å². The van der Waals surface area contributed by atoms with Crippen LogP contribution >= 0.6 is 0 Å². The number of carbonyl (C=O) groups is 1. The molecular formula is C6H5O2. The van der Waals surface area contributed by atoms with E-state index in [0.29, 0.717) is 0 Å². The molecule has 0 spiro atoms. The lowest BCUT2D eigenvalue weighted by atomic mass is 10.1. The quantitative estimate of drug-likeness (QED) is 0.454. The van der Waals surface area contributed by atoms with Gasteiger partial charge in [-0.25, -0.2) is 0 Å². The predicted molar refractivity (Wildman–Crippen MR) is 27.5 cm³/mol. The Morgan fingerprint density at radius 3 is 2.62 bits per heavy atom. The average molecular weight is 109 g/mol. The molecule has 8 heavy (non-hydrogen) atoms. The number of carbonyl (C=O) groups excluding carboxylic acids is 1. The average Bonchev–Trinajstić information content (AvgIpc) is 1.77. The lowest BCUT2D eigenvalue weighted by Gasteiger charge is -1.93. The van der Waals surface area contributed by atoms with E-state index in [-0.39, 0.29) is 18.0 Å². The standard InChI is InChI=1S/C6H5O2/c7-5-3-1-2-4-6(5)8/h1-3H,4H2. The molecule has 0 atom stereocenters. The number of rotatable bonds is 0. The van der Waals surface area contributed by atoms with Crippen molar-refractivity contribution in [2.45, 2.75) is 6.42 Å². The van der Waals surface area contributed by atoms with Crippen LogP contribution < -0.4 is 0 Å². The first-order chi connectivity index (χ1) is 3.80. The molecule has 0 bridgehead atoms. The van der Waals surface area contributed by atoms with E-state index in [1.54, 1.807) is 12.2 Å². The van der Waals surface area contributed by atoms with Crippen LogP contribution in [0.2, 0.25) is 0 Å². The van der Waals surface area contributed by atoms with Crippen molar-refractivity contribution in [3.8, 4) is 0 Å². The Labute approximate surface area is 47.1 Å². The molecule has 0 heterocycles. The third-order valence-electron chi connectivity index (χ3n) is 0.962. The lowest BCUT2D eigenvalue weighted by molar-refractivity contribution is -0.118. The maximum Gasteiger partial charge on any atom is 0.221 e. The molecule has 41 valence electrons. The molecule has 1 radical (unpaired) electrons. The number of ketones is 1. The molecule has 0 aromatic rings. The maximum absolute atomic E-state index is 10.4. The van der Waals surface area contributed by atoms with Crippen LogP contribution in [0.15, 0.2) is 24.0 Å². The van der Waals surface area contributed by atoms with Crippen LogP contribution in [0.3, 0.4) is 0 Å². The zero-order valence-electron chi connectivity index (χ0n) is 4.26. The minimum Gasteiger partial charge on any atom is -0.290 e. The summed E-state index contributed by atoms with van der Waals surface area (Å²) in [6.45, 7) is 0. The number of Topliss-reactive ketones (excluding diaryl/α,β-unsaturated/α-hetero) is 1. The lowest BCUT2D eigenvalue weighted by Crippen LogP contribution is -2.00. The summed E-state index contributed by atoms with van der Waals surface area (Å²) in [4.78, 5) is 10.4. The molecule has 0 N–H and O–H groups in total. The third kappa shape index (κ3) is 0.780. The second kappa shape index (κ2) is 1.82. The summed E-state index contributed by atoms with van der Waals surface area (Å²) in [7, 11) is 0. The van der Waals surface area contributed by atoms with Crippen molar-refractivity contribution in [1.82, 2.24) is 0 Å². The molecule has 1 rings (SSSR count). The molecule has 2 nitrogen and oxygen atoms in total. The SMILES string of the molecule is [O]C1=CC=CCC1=O. The van der Waals surface area contributed by atoms with Gasteiger partial charge in [-0.05, 0) is 6.08 Å². The summed E-state index contributed by atoms with van der Waals surface area (Å²) < 4.78 is 0. The monoisotopic (exact) mass is 109 g/mol. The molecule has 0 amide bonds. The highest BCUT2D eigenvalue weighted by Gasteiger charge is 2.08. The third-order valence-corrected chi connectivity index (χ3v) is 0.962. The highest BCUT2D eigenvalue weighted by molar-refractivity contribution is 5.95. The topological polar surface area (TPSA) is 37.0 Å². The Morgan fingerprint density at radius 2 is 2.25 bits per heavy atom. The van der Waals surface area contributed by atoms with Crippen molar-refractivity contribution in [2.24, 2.45) is 0 Å². The molecule has 1 aliphatic carbocycles. The minimum absolute atomic E-state index is 0.273. The molecule has 0 saturated carbocycles. The van der Waals surface area contributed by atoms with E-state index in [1.165, 1.54) is 6.08 Å². The van der Waals surface area contributed by atoms with Gasteiger partial charge in [0.2, 0.25) is 11.5 Å². The molecule has 0 unspecified atom stereocenters. The zero-order valence-corrected chi connectivity index (χ0v) is 4.26. The second-order valence-electron chi connectivity index (χ2n) is 1.59. The van der Waals surface area contributed by atoms with Gasteiger partial charge in [0.25, 0.3) is 0 Å². The molecule has 0 aromatic carbocycles. The van der Waals surface area contributed by atoms with E-state index in [4.69, 9.17) is 0 Å². The first kappa shape index (κ1) is 5.09. The van der Waals surface area contributed by atoms with Crippen molar-refractivity contribution in [3.05, 3.63) is 24.0 Å². The molecule has 0 saturated heterocycles. The summed E-state index contributed by atoms with van der Waals surface area (Å²) in [5.74, 6) is -0.694. The van der Waals surface area contributed by atoms with Crippen LogP contribution in [0.4, 0.5) is 0 Å². The molecular weight excluding hydrogens is 104 g/mol. The highest BCUT2D eigenvalue weighted by Crippen LogP contribution is 2.03. The number of hydrogen-bond acceptors (Lipinski definition) is 1. The van der Waals surface area contributed by atoms with E-state index in [9.17, 15) is 9.90 Å². The Morgan fingerprint density at radius 1 is 1.50 bits per heavy atom. The first-order valence-corrected chi connectivity index (χ1v) is 2.38.